The molecule has 2 aromatic carbocycles. The van der Waals surface area contributed by atoms with Gasteiger partial charge in [0.05, 0.1) is 19.3 Å². The van der Waals surface area contributed by atoms with Crippen LogP contribution in [0.3, 0.4) is 0 Å². The van der Waals surface area contributed by atoms with Gasteiger partial charge in [-0.2, -0.15) is 0 Å². The zero-order valence-electron chi connectivity index (χ0n) is 13.9. The highest BCUT2D eigenvalue weighted by Crippen LogP contribution is 2.41. The summed E-state index contributed by atoms with van der Waals surface area (Å²) in [5.41, 5.74) is 1.85. The van der Waals surface area contributed by atoms with Gasteiger partial charge < -0.3 is 19.9 Å². The Balaban J connectivity index is 1.99. The van der Waals surface area contributed by atoms with Gasteiger partial charge in [0.25, 0.3) is 0 Å². The van der Waals surface area contributed by atoms with Gasteiger partial charge in [0.2, 0.25) is 0 Å². The Morgan fingerprint density at radius 2 is 2.16 bits per heavy atom. The average molecular weight is 362 g/mol. The molecule has 0 aromatic heterocycles. The highest BCUT2D eigenvalue weighted by atomic mass is 35.5. The number of carbonyl (C=O) groups excluding carboxylic acids is 1. The van der Waals surface area contributed by atoms with Crippen LogP contribution in [0, 0.1) is 0 Å². The Hall–Kier alpha value is -2.24. The van der Waals surface area contributed by atoms with Crippen LogP contribution in [-0.4, -0.2) is 30.5 Å². The second-order valence-electron chi connectivity index (χ2n) is 5.86. The van der Waals surface area contributed by atoms with Gasteiger partial charge in [0.1, 0.15) is 11.5 Å². The standard InChI is InChI=1S/C19H20ClNO4/c1-2-24-19(23)21-16(11-22)15-10-12-9-13(20)7-8-17(12)25-18-6-4-3-5-14(15)18/h3-9,15-16,22H,2,10-11H2,1H3,(H,21,23)/t15?,16-/m1/s1. The van der Waals surface area contributed by atoms with Crippen molar-refractivity contribution in [2.45, 2.75) is 25.3 Å². The molecule has 3 rings (SSSR count). The van der Waals surface area contributed by atoms with Crippen molar-refractivity contribution < 1.29 is 19.4 Å². The summed E-state index contributed by atoms with van der Waals surface area (Å²) in [6, 6.07) is 12.6. The molecular formula is C19H20ClNO4. The van der Waals surface area contributed by atoms with Gasteiger partial charge in [-0.05, 0) is 43.2 Å². The smallest absolute Gasteiger partial charge is 0.407 e. The van der Waals surface area contributed by atoms with E-state index < -0.39 is 12.1 Å². The first-order chi connectivity index (χ1) is 12.1. The van der Waals surface area contributed by atoms with Crippen LogP contribution in [0.5, 0.6) is 11.5 Å². The molecule has 0 radical (unpaired) electrons. The molecule has 0 bridgehead atoms. The van der Waals surface area contributed by atoms with E-state index >= 15 is 0 Å². The summed E-state index contributed by atoms with van der Waals surface area (Å²) >= 11 is 6.13. The van der Waals surface area contributed by atoms with Crippen LogP contribution in [0.15, 0.2) is 42.5 Å². The van der Waals surface area contributed by atoms with Crippen molar-refractivity contribution in [3.05, 3.63) is 58.6 Å². The van der Waals surface area contributed by atoms with Gasteiger partial charge in [-0.3, -0.25) is 0 Å². The molecule has 0 saturated heterocycles. The molecule has 0 saturated carbocycles. The summed E-state index contributed by atoms with van der Waals surface area (Å²) in [4.78, 5) is 11.9. The number of alkyl carbamates (subject to hydrolysis) is 1. The van der Waals surface area contributed by atoms with Crippen molar-refractivity contribution in [2.24, 2.45) is 0 Å². The number of aliphatic hydroxyl groups excluding tert-OH is 1. The third-order valence-electron chi connectivity index (χ3n) is 4.26. The molecule has 0 aliphatic carbocycles. The lowest BCUT2D eigenvalue weighted by molar-refractivity contribution is 0.136. The maximum atomic E-state index is 11.9. The van der Waals surface area contributed by atoms with Gasteiger partial charge in [0, 0.05) is 16.5 Å². The summed E-state index contributed by atoms with van der Waals surface area (Å²) in [5.74, 6) is 1.26. The van der Waals surface area contributed by atoms with E-state index in [1.807, 2.05) is 36.4 Å². The fourth-order valence-electron chi connectivity index (χ4n) is 3.11. The third-order valence-corrected chi connectivity index (χ3v) is 4.50. The van der Waals surface area contributed by atoms with Crippen molar-refractivity contribution in [2.75, 3.05) is 13.2 Å². The summed E-state index contributed by atoms with van der Waals surface area (Å²) in [5, 5.41) is 13.2. The first-order valence-corrected chi connectivity index (χ1v) is 8.59. The number of para-hydroxylation sites is 1. The fraction of sp³-hybridized carbons (Fsp3) is 0.316. The molecule has 6 heteroatoms. The number of hydrogen-bond acceptors (Lipinski definition) is 4. The number of benzene rings is 2. The van der Waals surface area contributed by atoms with Crippen LogP contribution in [0.25, 0.3) is 0 Å². The van der Waals surface area contributed by atoms with Crippen molar-refractivity contribution in [3.63, 3.8) is 0 Å². The molecule has 2 N–H and O–H groups in total. The van der Waals surface area contributed by atoms with E-state index in [4.69, 9.17) is 21.1 Å². The lowest BCUT2D eigenvalue weighted by Crippen LogP contribution is -2.42. The van der Waals surface area contributed by atoms with Gasteiger partial charge in [-0.15, -0.1) is 0 Å². The first-order valence-electron chi connectivity index (χ1n) is 8.21. The zero-order valence-corrected chi connectivity index (χ0v) is 14.6. The summed E-state index contributed by atoms with van der Waals surface area (Å²) in [6.45, 7) is 1.79. The van der Waals surface area contributed by atoms with Crippen LogP contribution < -0.4 is 10.1 Å². The summed E-state index contributed by atoms with van der Waals surface area (Å²) in [7, 11) is 0. The number of amides is 1. The fourth-order valence-corrected chi connectivity index (χ4v) is 3.30. The molecule has 1 aliphatic heterocycles. The summed E-state index contributed by atoms with van der Waals surface area (Å²) < 4.78 is 11.0. The molecule has 1 amide bonds. The highest BCUT2D eigenvalue weighted by Gasteiger charge is 2.31. The second-order valence-corrected chi connectivity index (χ2v) is 6.29. The van der Waals surface area contributed by atoms with E-state index in [0.29, 0.717) is 17.2 Å². The highest BCUT2D eigenvalue weighted by molar-refractivity contribution is 6.30. The number of hydrogen-bond donors (Lipinski definition) is 2. The predicted molar refractivity (Wildman–Crippen MR) is 95.4 cm³/mol. The van der Waals surface area contributed by atoms with Crippen LogP contribution in [-0.2, 0) is 11.2 Å². The summed E-state index contributed by atoms with van der Waals surface area (Å²) in [6.07, 6.45) is 0.0281. The number of ether oxygens (including phenoxy) is 2. The molecule has 1 heterocycles. The topological polar surface area (TPSA) is 67.8 Å². The largest absolute Gasteiger partial charge is 0.457 e. The number of halogens is 1. The third kappa shape index (κ3) is 3.89. The van der Waals surface area contributed by atoms with Crippen molar-refractivity contribution in [1.29, 1.82) is 0 Å². The van der Waals surface area contributed by atoms with E-state index in [0.717, 1.165) is 16.9 Å². The Morgan fingerprint density at radius 3 is 2.92 bits per heavy atom. The quantitative estimate of drug-likeness (QED) is 0.867. The van der Waals surface area contributed by atoms with Crippen molar-refractivity contribution in [1.82, 2.24) is 5.32 Å². The lowest BCUT2D eigenvalue weighted by Gasteiger charge is -2.26. The lowest BCUT2D eigenvalue weighted by atomic mass is 9.86. The minimum atomic E-state index is -0.546. The molecule has 1 unspecified atom stereocenters. The maximum absolute atomic E-state index is 11.9. The predicted octanol–water partition coefficient (Wildman–Crippen LogP) is 3.88. The number of nitrogens with one attached hydrogen (secondary N) is 1. The molecular weight excluding hydrogens is 342 g/mol. The number of rotatable bonds is 4. The molecule has 0 fully saturated rings. The van der Waals surface area contributed by atoms with Crippen LogP contribution in [0.4, 0.5) is 4.79 Å². The van der Waals surface area contributed by atoms with Crippen molar-refractivity contribution >= 4 is 17.7 Å². The molecule has 25 heavy (non-hydrogen) atoms. The number of fused-ring (bicyclic) bond motifs is 2. The normalized spacial score (nSPS) is 16.7. The Bertz CT molecular complexity index is 765. The molecule has 5 nitrogen and oxygen atoms in total. The molecule has 2 aromatic rings. The van der Waals surface area contributed by atoms with Gasteiger partial charge >= 0.3 is 6.09 Å². The van der Waals surface area contributed by atoms with Crippen LogP contribution >= 0.6 is 11.6 Å². The van der Waals surface area contributed by atoms with Gasteiger partial charge in [-0.25, -0.2) is 4.79 Å². The van der Waals surface area contributed by atoms with Crippen LogP contribution in [0.2, 0.25) is 5.02 Å². The van der Waals surface area contributed by atoms with E-state index in [1.54, 1.807) is 13.0 Å². The van der Waals surface area contributed by atoms with Crippen LogP contribution in [0.1, 0.15) is 24.0 Å². The SMILES string of the molecule is CCOC(=O)N[C@H](CO)C1Cc2cc(Cl)ccc2Oc2ccccc21. The van der Waals surface area contributed by atoms with E-state index in [9.17, 15) is 9.90 Å². The van der Waals surface area contributed by atoms with Gasteiger partial charge in [0.15, 0.2) is 0 Å². The van der Waals surface area contributed by atoms with E-state index in [2.05, 4.69) is 5.32 Å². The number of aliphatic hydroxyl groups is 1. The molecule has 1 aliphatic rings. The Labute approximate surface area is 151 Å². The van der Waals surface area contributed by atoms with E-state index in [1.165, 1.54) is 0 Å². The Kier molecular flexibility index (Phi) is 5.46. The Morgan fingerprint density at radius 1 is 1.36 bits per heavy atom. The monoisotopic (exact) mass is 361 g/mol. The molecule has 132 valence electrons. The molecule has 0 spiro atoms. The van der Waals surface area contributed by atoms with Crippen molar-refractivity contribution in [3.8, 4) is 11.5 Å². The first kappa shape index (κ1) is 17.6. The second kappa shape index (κ2) is 7.76. The maximum Gasteiger partial charge on any atom is 0.407 e. The average Bonchev–Trinajstić information content (AvgIpc) is 2.76. The zero-order chi connectivity index (χ0) is 17.8. The van der Waals surface area contributed by atoms with E-state index in [-0.39, 0.29) is 19.1 Å². The molecule has 2 atom stereocenters. The minimum absolute atomic E-state index is 0.176. The van der Waals surface area contributed by atoms with Gasteiger partial charge in [-0.1, -0.05) is 29.8 Å². The minimum Gasteiger partial charge on any atom is -0.457 e. The number of carbonyl (C=O) groups is 1.